The molecule has 5 heteroatoms. The van der Waals surface area contributed by atoms with Crippen LogP contribution in [-0.2, 0) is 0 Å². The van der Waals surface area contributed by atoms with Crippen LogP contribution in [0.15, 0.2) is 16.6 Å². The van der Waals surface area contributed by atoms with E-state index in [2.05, 4.69) is 15.9 Å². The third-order valence-corrected chi connectivity index (χ3v) is 2.41. The molecule has 0 saturated heterocycles. The molecular formula is C9H11BrFNO2. The summed E-state index contributed by atoms with van der Waals surface area (Å²) in [6.45, 7) is 0.0201. The molecule has 78 valence electrons. The molecule has 0 fully saturated rings. The predicted octanol–water partition coefficient (Wildman–Crippen LogP) is 1.59. The first kappa shape index (κ1) is 11.4. The fourth-order valence-electron chi connectivity index (χ4n) is 1.17. The van der Waals surface area contributed by atoms with Crippen molar-refractivity contribution in [2.75, 3.05) is 13.7 Å². The first-order valence-corrected chi connectivity index (χ1v) is 4.80. The van der Waals surface area contributed by atoms with Crippen LogP contribution >= 0.6 is 15.9 Å². The zero-order chi connectivity index (χ0) is 10.7. The molecule has 0 heterocycles. The number of halogens is 2. The van der Waals surface area contributed by atoms with E-state index in [1.54, 1.807) is 0 Å². The Kier molecular flexibility index (Phi) is 3.86. The molecular weight excluding hydrogens is 253 g/mol. The molecule has 0 aliphatic heterocycles. The van der Waals surface area contributed by atoms with Crippen molar-refractivity contribution in [2.45, 2.75) is 6.10 Å². The minimum absolute atomic E-state index is 0.0201. The number of aliphatic hydroxyl groups is 1. The molecule has 3 N–H and O–H groups in total. The van der Waals surface area contributed by atoms with E-state index in [1.165, 1.54) is 19.2 Å². The van der Waals surface area contributed by atoms with Gasteiger partial charge in [0.2, 0.25) is 0 Å². The topological polar surface area (TPSA) is 55.5 Å². The number of hydrogen-bond acceptors (Lipinski definition) is 3. The molecule has 3 nitrogen and oxygen atoms in total. The van der Waals surface area contributed by atoms with Crippen molar-refractivity contribution in [3.63, 3.8) is 0 Å². The van der Waals surface area contributed by atoms with E-state index in [0.717, 1.165) is 0 Å². The Morgan fingerprint density at radius 1 is 1.64 bits per heavy atom. The van der Waals surface area contributed by atoms with Gasteiger partial charge >= 0.3 is 0 Å². The molecule has 0 radical (unpaired) electrons. The number of hydrogen-bond donors (Lipinski definition) is 2. The summed E-state index contributed by atoms with van der Waals surface area (Å²) in [6.07, 6.45) is -0.919. The second-order valence-electron chi connectivity index (χ2n) is 2.76. The highest BCUT2D eigenvalue weighted by Crippen LogP contribution is 2.33. The first-order valence-electron chi connectivity index (χ1n) is 4.01. The molecule has 1 aromatic carbocycles. The zero-order valence-electron chi connectivity index (χ0n) is 7.63. The monoisotopic (exact) mass is 263 g/mol. The molecule has 0 aliphatic rings. The average Bonchev–Trinajstić information content (AvgIpc) is 2.15. The van der Waals surface area contributed by atoms with Gasteiger partial charge in [-0.05, 0) is 28.1 Å². The van der Waals surface area contributed by atoms with Gasteiger partial charge in [0.05, 0.1) is 17.7 Å². The number of ether oxygens (including phenoxy) is 1. The maximum absolute atomic E-state index is 13.0. The summed E-state index contributed by atoms with van der Waals surface area (Å²) in [6, 6.07) is 2.48. The van der Waals surface area contributed by atoms with Crippen molar-refractivity contribution in [3.8, 4) is 5.75 Å². The van der Waals surface area contributed by atoms with Crippen molar-refractivity contribution in [1.29, 1.82) is 0 Å². The first-order chi connectivity index (χ1) is 6.60. The van der Waals surface area contributed by atoms with Gasteiger partial charge in [-0.2, -0.15) is 0 Å². The minimum atomic E-state index is -0.919. The van der Waals surface area contributed by atoms with Gasteiger partial charge in [-0.1, -0.05) is 0 Å². The second-order valence-corrected chi connectivity index (χ2v) is 3.62. The summed E-state index contributed by atoms with van der Waals surface area (Å²) in [5.74, 6) is -0.0375. The quantitative estimate of drug-likeness (QED) is 0.871. The Balaban J connectivity index is 3.24. The van der Waals surface area contributed by atoms with Gasteiger partial charge in [0.25, 0.3) is 0 Å². The normalized spacial score (nSPS) is 12.6. The van der Waals surface area contributed by atoms with Crippen molar-refractivity contribution in [1.82, 2.24) is 0 Å². The third kappa shape index (κ3) is 2.23. The van der Waals surface area contributed by atoms with E-state index in [-0.39, 0.29) is 6.54 Å². The summed E-state index contributed by atoms with van der Waals surface area (Å²) in [4.78, 5) is 0. The van der Waals surface area contributed by atoms with E-state index < -0.39 is 11.9 Å². The van der Waals surface area contributed by atoms with Gasteiger partial charge in [-0.15, -0.1) is 0 Å². The smallest absolute Gasteiger partial charge is 0.139 e. The van der Waals surface area contributed by atoms with Crippen LogP contribution in [0, 0.1) is 5.82 Å². The molecule has 14 heavy (non-hydrogen) atoms. The van der Waals surface area contributed by atoms with Crippen molar-refractivity contribution >= 4 is 15.9 Å². The van der Waals surface area contributed by atoms with Crippen molar-refractivity contribution < 1.29 is 14.2 Å². The van der Waals surface area contributed by atoms with Gasteiger partial charge in [0, 0.05) is 12.1 Å². The number of nitrogens with two attached hydrogens (primary N) is 1. The molecule has 0 amide bonds. The lowest BCUT2D eigenvalue weighted by Gasteiger charge is -2.14. The highest BCUT2D eigenvalue weighted by molar-refractivity contribution is 9.10. The van der Waals surface area contributed by atoms with Gasteiger partial charge in [-0.25, -0.2) is 4.39 Å². The Labute approximate surface area is 89.8 Å². The van der Waals surface area contributed by atoms with Crippen LogP contribution in [0.2, 0.25) is 0 Å². The lowest BCUT2D eigenvalue weighted by molar-refractivity contribution is 0.181. The van der Waals surface area contributed by atoms with Crippen LogP contribution in [-0.4, -0.2) is 18.8 Å². The minimum Gasteiger partial charge on any atom is -0.495 e. The molecule has 0 saturated carbocycles. The van der Waals surface area contributed by atoms with Gasteiger partial charge in [0.15, 0.2) is 0 Å². The van der Waals surface area contributed by atoms with E-state index in [4.69, 9.17) is 10.5 Å². The molecule has 1 atom stereocenters. The molecule has 0 aliphatic carbocycles. The molecule has 0 spiro atoms. The highest BCUT2D eigenvalue weighted by atomic mass is 79.9. The molecule has 0 aromatic heterocycles. The SMILES string of the molecule is COc1c(Br)cc(F)cc1C(O)CN. The summed E-state index contributed by atoms with van der Waals surface area (Å²) in [5, 5.41) is 9.50. The van der Waals surface area contributed by atoms with E-state index in [1.807, 2.05) is 0 Å². The van der Waals surface area contributed by atoms with Crippen molar-refractivity contribution in [2.24, 2.45) is 5.73 Å². The Bertz CT molecular complexity index is 333. The average molecular weight is 264 g/mol. The largest absolute Gasteiger partial charge is 0.495 e. The van der Waals surface area contributed by atoms with Gasteiger partial charge in [-0.3, -0.25) is 0 Å². The van der Waals surface area contributed by atoms with Gasteiger partial charge in [0.1, 0.15) is 11.6 Å². The van der Waals surface area contributed by atoms with Crippen LogP contribution in [0.5, 0.6) is 5.75 Å². The predicted molar refractivity (Wildman–Crippen MR) is 54.7 cm³/mol. The number of methoxy groups -OCH3 is 1. The lowest BCUT2D eigenvalue weighted by atomic mass is 10.1. The summed E-state index contributed by atoms with van der Waals surface area (Å²) in [5.41, 5.74) is 5.63. The van der Waals surface area contributed by atoms with Crippen LogP contribution in [0.25, 0.3) is 0 Å². The van der Waals surface area contributed by atoms with E-state index >= 15 is 0 Å². The van der Waals surface area contributed by atoms with Crippen molar-refractivity contribution in [3.05, 3.63) is 28.0 Å². The van der Waals surface area contributed by atoms with E-state index in [9.17, 15) is 9.50 Å². The summed E-state index contributed by atoms with van der Waals surface area (Å²) in [7, 11) is 1.45. The Morgan fingerprint density at radius 3 is 2.79 bits per heavy atom. The molecule has 1 rings (SSSR count). The molecule has 0 bridgehead atoms. The lowest BCUT2D eigenvalue weighted by Crippen LogP contribution is -2.13. The van der Waals surface area contributed by atoms with E-state index in [0.29, 0.717) is 15.8 Å². The maximum atomic E-state index is 13.0. The fraction of sp³-hybridized carbons (Fsp3) is 0.333. The van der Waals surface area contributed by atoms with Crippen LogP contribution in [0.1, 0.15) is 11.7 Å². The zero-order valence-corrected chi connectivity index (χ0v) is 9.21. The number of aliphatic hydroxyl groups excluding tert-OH is 1. The summed E-state index contributed by atoms with van der Waals surface area (Å²) < 4.78 is 18.5. The fourth-order valence-corrected chi connectivity index (χ4v) is 1.78. The Morgan fingerprint density at radius 2 is 2.29 bits per heavy atom. The summed E-state index contributed by atoms with van der Waals surface area (Å²) >= 11 is 3.14. The highest BCUT2D eigenvalue weighted by Gasteiger charge is 2.16. The Hall–Kier alpha value is -0.650. The maximum Gasteiger partial charge on any atom is 0.139 e. The molecule has 1 unspecified atom stereocenters. The van der Waals surface area contributed by atoms with Crippen LogP contribution in [0.4, 0.5) is 4.39 Å². The second kappa shape index (κ2) is 4.72. The number of rotatable bonds is 3. The standard InChI is InChI=1S/C9H11BrFNO2/c1-14-9-6(8(13)4-12)2-5(11)3-7(9)10/h2-3,8,13H,4,12H2,1H3. The van der Waals surface area contributed by atoms with Crippen LogP contribution < -0.4 is 10.5 Å². The third-order valence-electron chi connectivity index (χ3n) is 1.82. The van der Waals surface area contributed by atoms with Gasteiger partial charge < -0.3 is 15.6 Å². The van der Waals surface area contributed by atoms with Crippen LogP contribution in [0.3, 0.4) is 0 Å². The molecule has 1 aromatic rings. The number of benzene rings is 1.